The van der Waals surface area contributed by atoms with E-state index in [9.17, 15) is 4.39 Å². The normalized spacial score (nSPS) is 21.1. The van der Waals surface area contributed by atoms with E-state index < -0.39 is 11.6 Å². The number of aryl methyl sites for hydroxylation is 1. The molecule has 1 aliphatic carbocycles. The average molecular weight is 587 g/mol. The molecule has 0 radical (unpaired) electrons. The molecule has 8 nitrogen and oxygen atoms in total. The van der Waals surface area contributed by atoms with Gasteiger partial charge in [-0.15, -0.1) is 0 Å². The fraction of sp³-hybridized carbons (Fsp3) is 0.424. The topological polar surface area (TPSA) is 90.8 Å². The van der Waals surface area contributed by atoms with Gasteiger partial charge in [-0.2, -0.15) is 4.98 Å². The summed E-state index contributed by atoms with van der Waals surface area (Å²) in [6.07, 6.45) is 5.83. The smallest absolute Gasteiger partial charge is 0.252 e. The Morgan fingerprint density at radius 1 is 1.12 bits per heavy atom. The lowest BCUT2D eigenvalue weighted by Gasteiger charge is -2.34. The van der Waals surface area contributed by atoms with Gasteiger partial charge in [0.2, 0.25) is 0 Å². The lowest BCUT2D eigenvalue weighted by atomic mass is 9.90. The Balaban J connectivity index is 1.05. The minimum Gasteiger partial charge on any atom is -0.471 e. The number of hydrogen-bond acceptors (Lipinski definition) is 7. The number of halogens is 2. The van der Waals surface area contributed by atoms with Gasteiger partial charge in [0.25, 0.3) is 5.88 Å². The van der Waals surface area contributed by atoms with E-state index in [0.717, 1.165) is 67.4 Å². The Morgan fingerprint density at radius 2 is 1.93 bits per heavy atom. The number of hydrogen-bond donors (Lipinski definition) is 1. The summed E-state index contributed by atoms with van der Waals surface area (Å²) in [6, 6.07) is 12.7. The number of pyridine rings is 1. The number of benzene rings is 2. The summed E-state index contributed by atoms with van der Waals surface area (Å²) in [7, 11) is 1.67. The molecule has 0 bridgehead atoms. The maximum Gasteiger partial charge on any atom is 0.252 e. The molecule has 2 saturated heterocycles. The molecule has 2 atom stereocenters. The standard InChI is InChI=1S/C33H36F2N6O2/c1-20-3-6-28-29(13-20)41(18-23-7-12-42-23)30(38-28)24-16-33(24)8-10-40(11-9-33)31-25(34)15-26(35)32(39-31)43-19-21-4-5-22(17-37-2)27(36)14-21/h3-6,13-15,17,23-24H,7-12,16,18-19,36H2,1-2H3. The van der Waals surface area contributed by atoms with Crippen LogP contribution in [0.15, 0.2) is 47.5 Å². The van der Waals surface area contributed by atoms with E-state index in [0.29, 0.717) is 24.7 Å². The number of piperidine rings is 1. The summed E-state index contributed by atoms with van der Waals surface area (Å²) in [5.41, 5.74) is 11.7. The number of aliphatic imine (C=N–C) groups is 1. The molecule has 4 heterocycles. The van der Waals surface area contributed by atoms with Crippen molar-refractivity contribution in [3.63, 3.8) is 0 Å². The Kier molecular flexibility index (Phi) is 7.04. The number of imidazole rings is 1. The van der Waals surface area contributed by atoms with Gasteiger partial charge in [0.15, 0.2) is 17.5 Å². The molecule has 10 heteroatoms. The van der Waals surface area contributed by atoms with E-state index in [1.165, 1.54) is 11.1 Å². The first-order valence-corrected chi connectivity index (χ1v) is 15.0. The number of ether oxygens (including phenoxy) is 2. The van der Waals surface area contributed by atoms with Gasteiger partial charge in [0, 0.05) is 56.2 Å². The van der Waals surface area contributed by atoms with Crippen LogP contribution in [0.3, 0.4) is 0 Å². The second-order valence-electron chi connectivity index (χ2n) is 12.2. The second kappa shape index (κ2) is 10.9. The van der Waals surface area contributed by atoms with Gasteiger partial charge >= 0.3 is 0 Å². The van der Waals surface area contributed by atoms with Gasteiger partial charge in [-0.05, 0) is 67.3 Å². The quantitative estimate of drug-likeness (QED) is 0.208. The van der Waals surface area contributed by atoms with Crippen LogP contribution in [0.1, 0.15) is 54.1 Å². The number of rotatable bonds is 8. The number of fused-ring (bicyclic) bond motifs is 1. The predicted octanol–water partition coefficient (Wildman–Crippen LogP) is 5.79. The van der Waals surface area contributed by atoms with Crippen molar-refractivity contribution in [1.82, 2.24) is 14.5 Å². The second-order valence-corrected chi connectivity index (χ2v) is 12.2. The molecule has 224 valence electrons. The minimum atomic E-state index is -0.829. The molecular weight excluding hydrogens is 550 g/mol. The average Bonchev–Trinajstić information content (AvgIpc) is 3.54. The maximum absolute atomic E-state index is 15.0. The molecule has 43 heavy (non-hydrogen) atoms. The van der Waals surface area contributed by atoms with Gasteiger partial charge in [-0.3, -0.25) is 4.99 Å². The zero-order valence-corrected chi connectivity index (χ0v) is 24.5. The Labute approximate surface area is 249 Å². The highest BCUT2D eigenvalue weighted by atomic mass is 19.1. The van der Waals surface area contributed by atoms with Crippen LogP contribution < -0.4 is 15.4 Å². The van der Waals surface area contributed by atoms with Crippen LogP contribution in [-0.2, 0) is 17.9 Å². The van der Waals surface area contributed by atoms with Gasteiger partial charge in [0.1, 0.15) is 12.4 Å². The Morgan fingerprint density at radius 3 is 2.65 bits per heavy atom. The molecule has 3 aliphatic rings. The van der Waals surface area contributed by atoms with E-state index >= 15 is 4.39 Å². The van der Waals surface area contributed by atoms with Crippen LogP contribution in [0.5, 0.6) is 5.88 Å². The molecule has 2 aromatic carbocycles. The van der Waals surface area contributed by atoms with Crippen molar-refractivity contribution in [1.29, 1.82) is 0 Å². The molecule has 1 saturated carbocycles. The van der Waals surface area contributed by atoms with Gasteiger partial charge in [0.05, 0.1) is 23.7 Å². The molecule has 2 aliphatic heterocycles. The minimum absolute atomic E-state index is 0.0555. The molecule has 2 unspecified atom stereocenters. The summed E-state index contributed by atoms with van der Waals surface area (Å²) in [6.45, 7) is 5.08. The lowest BCUT2D eigenvalue weighted by molar-refractivity contribution is -0.0590. The summed E-state index contributed by atoms with van der Waals surface area (Å²) in [5, 5.41) is 0. The van der Waals surface area contributed by atoms with Crippen molar-refractivity contribution in [2.75, 3.05) is 37.4 Å². The first-order valence-electron chi connectivity index (χ1n) is 15.0. The highest BCUT2D eigenvalue weighted by Crippen LogP contribution is 2.65. The zero-order chi connectivity index (χ0) is 29.7. The molecule has 2 aromatic heterocycles. The summed E-state index contributed by atoms with van der Waals surface area (Å²) >= 11 is 0. The van der Waals surface area contributed by atoms with Crippen molar-refractivity contribution in [2.45, 2.75) is 57.8 Å². The van der Waals surface area contributed by atoms with Crippen LogP contribution in [0.2, 0.25) is 0 Å². The van der Waals surface area contributed by atoms with Crippen molar-refractivity contribution < 1.29 is 18.3 Å². The molecule has 4 aromatic rings. The monoisotopic (exact) mass is 586 g/mol. The third-order valence-corrected chi connectivity index (χ3v) is 9.35. The summed E-state index contributed by atoms with van der Waals surface area (Å²) in [5.74, 6) is -0.109. The number of nitrogens with two attached hydrogens (primary N) is 1. The van der Waals surface area contributed by atoms with E-state index in [4.69, 9.17) is 20.2 Å². The first-order chi connectivity index (χ1) is 20.8. The molecule has 1 spiro atoms. The van der Waals surface area contributed by atoms with E-state index in [-0.39, 0.29) is 29.8 Å². The third-order valence-electron chi connectivity index (χ3n) is 9.35. The number of nitrogen functional groups attached to an aromatic ring is 1. The van der Waals surface area contributed by atoms with Crippen molar-refractivity contribution in [3.8, 4) is 5.88 Å². The zero-order valence-electron chi connectivity index (χ0n) is 24.5. The molecule has 2 N–H and O–H groups in total. The number of nitrogens with zero attached hydrogens (tertiary/aromatic N) is 5. The van der Waals surface area contributed by atoms with E-state index in [1.54, 1.807) is 19.3 Å². The largest absolute Gasteiger partial charge is 0.471 e. The fourth-order valence-corrected chi connectivity index (χ4v) is 6.66. The van der Waals surface area contributed by atoms with Crippen LogP contribution in [-0.4, -0.2) is 53.6 Å². The lowest BCUT2D eigenvalue weighted by Crippen LogP contribution is -2.36. The maximum atomic E-state index is 15.0. The van der Waals surface area contributed by atoms with Crippen LogP contribution in [0.4, 0.5) is 20.3 Å². The van der Waals surface area contributed by atoms with Gasteiger partial charge in [-0.25, -0.2) is 13.8 Å². The number of aromatic nitrogens is 3. The molecule has 7 rings (SSSR count). The molecule has 3 fully saturated rings. The van der Waals surface area contributed by atoms with Gasteiger partial charge < -0.3 is 24.7 Å². The van der Waals surface area contributed by atoms with Crippen molar-refractivity contribution >= 4 is 28.8 Å². The Bertz CT molecular complexity index is 1710. The third kappa shape index (κ3) is 5.22. The van der Waals surface area contributed by atoms with Crippen molar-refractivity contribution in [3.05, 3.63) is 76.6 Å². The molecular formula is C33H36F2N6O2. The van der Waals surface area contributed by atoms with Crippen LogP contribution in [0.25, 0.3) is 11.0 Å². The van der Waals surface area contributed by atoms with Crippen LogP contribution >= 0.6 is 0 Å². The summed E-state index contributed by atoms with van der Waals surface area (Å²) < 4.78 is 43.5. The highest BCUT2D eigenvalue weighted by molar-refractivity contribution is 5.86. The number of anilines is 2. The van der Waals surface area contributed by atoms with Gasteiger partial charge in [-0.1, -0.05) is 18.2 Å². The van der Waals surface area contributed by atoms with E-state index in [1.807, 2.05) is 17.0 Å². The van der Waals surface area contributed by atoms with Crippen LogP contribution in [0, 0.1) is 24.0 Å². The summed E-state index contributed by atoms with van der Waals surface area (Å²) in [4.78, 5) is 15.3. The first kappa shape index (κ1) is 27.8. The fourth-order valence-electron chi connectivity index (χ4n) is 6.66. The molecule has 0 amide bonds. The SMILES string of the molecule is CN=Cc1ccc(COc2nc(N3CCC4(CC3)CC4c3nc4ccc(C)cc4n3CC3CCO3)c(F)cc2F)cc1N. The Hall–Kier alpha value is -4.05. The van der Waals surface area contributed by atoms with E-state index in [2.05, 4.69) is 39.7 Å². The highest BCUT2D eigenvalue weighted by Gasteiger charge is 2.57. The predicted molar refractivity (Wildman–Crippen MR) is 163 cm³/mol. The van der Waals surface area contributed by atoms with Crippen molar-refractivity contribution in [2.24, 2.45) is 10.4 Å².